The largest absolute Gasteiger partial charge is 0.464 e. The van der Waals surface area contributed by atoms with Crippen LogP contribution in [0.25, 0.3) is 11.0 Å². The Balaban J connectivity index is 1.79. The van der Waals surface area contributed by atoms with E-state index < -0.39 is 11.6 Å². The Morgan fingerprint density at radius 2 is 2.05 bits per heavy atom. The Kier molecular flexibility index (Phi) is 3.48. The molecule has 0 bridgehead atoms. The highest BCUT2D eigenvalue weighted by Crippen LogP contribution is 2.25. The van der Waals surface area contributed by atoms with E-state index >= 15 is 0 Å². The molecule has 1 saturated heterocycles. The number of halogens is 2. The fraction of sp³-hybridized carbons (Fsp3) is 0.429. The Morgan fingerprint density at radius 1 is 1.26 bits per heavy atom. The van der Waals surface area contributed by atoms with Crippen LogP contribution in [-0.2, 0) is 6.42 Å². The second-order valence-electron chi connectivity index (χ2n) is 4.82. The van der Waals surface area contributed by atoms with Gasteiger partial charge in [0, 0.05) is 44.4 Å². The zero-order valence-corrected chi connectivity index (χ0v) is 10.6. The minimum atomic E-state index is -0.518. The van der Waals surface area contributed by atoms with Gasteiger partial charge in [-0.1, -0.05) is 0 Å². The van der Waals surface area contributed by atoms with Gasteiger partial charge in [-0.15, -0.1) is 0 Å². The molecule has 0 aliphatic carbocycles. The predicted molar refractivity (Wildman–Crippen MR) is 69.1 cm³/mol. The van der Waals surface area contributed by atoms with Gasteiger partial charge < -0.3 is 14.6 Å². The molecule has 2 heterocycles. The normalized spacial score (nSPS) is 17.2. The SMILES string of the molecule is Fc1cc2occc2c(F)c1CCN1CCNCC1. The Bertz CT molecular complexity index is 576. The average molecular weight is 266 g/mol. The third-order valence-electron chi connectivity index (χ3n) is 3.63. The number of rotatable bonds is 3. The lowest BCUT2D eigenvalue weighted by Gasteiger charge is -2.27. The van der Waals surface area contributed by atoms with Crippen molar-refractivity contribution in [3.8, 4) is 0 Å². The minimum absolute atomic E-state index is 0.160. The molecular weight excluding hydrogens is 250 g/mol. The molecule has 3 nitrogen and oxygen atoms in total. The summed E-state index contributed by atoms with van der Waals surface area (Å²) in [6.45, 7) is 4.41. The molecule has 1 fully saturated rings. The van der Waals surface area contributed by atoms with Crippen LogP contribution in [0.4, 0.5) is 8.78 Å². The van der Waals surface area contributed by atoms with Crippen LogP contribution >= 0.6 is 0 Å². The number of benzene rings is 1. The van der Waals surface area contributed by atoms with E-state index in [1.807, 2.05) is 0 Å². The quantitative estimate of drug-likeness (QED) is 0.923. The van der Waals surface area contributed by atoms with E-state index in [2.05, 4.69) is 10.2 Å². The van der Waals surface area contributed by atoms with Crippen LogP contribution in [0, 0.1) is 11.6 Å². The molecule has 102 valence electrons. The number of fused-ring (bicyclic) bond motifs is 1. The lowest BCUT2D eigenvalue weighted by atomic mass is 10.1. The van der Waals surface area contributed by atoms with Crippen LogP contribution in [0.3, 0.4) is 0 Å². The van der Waals surface area contributed by atoms with Crippen molar-refractivity contribution in [2.24, 2.45) is 0 Å². The van der Waals surface area contributed by atoms with Crippen molar-refractivity contribution in [3.05, 3.63) is 35.6 Å². The van der Waals surface area contributed by atoms with Crippen molar-refractivity contribution in [1.82, 2.24) is 10.2 Å². The summed E-state index contributed by atoms with van der Waals surface area (Å²) in [6, 6.07) is 2.81. The molecule has 0 atom stereocenters. The standard InChI is InChI=1S/C14H16F2N2O/c15-12-9-13-11(2-8-19-13)14(16)10(12)1-5-18-6-3-17-4-7-18/h2,8-9,17H,1,3-7H2. The van der Waals surface area contributed by atoms with E-state index in [0.29, 0.717) is 18.4 Å². The first kappa shape index (κ1) is 12.6. The lowest BCUT2D eigenvalue weighted by molar-refractivity contribution is 0.242. The van der Waals surface area contributed by atoms with Gasteiger partial charge in [0.25, 0.3) is 0 Å². The van der Waals surface area contributed by atoms with E-state index in [9.17, 15) is 8.78 Å². The highest BCUT2D eigenvalue weighted by Gasteiger charge is 2.17. The number of furan rings is 1. The maximum absolute atomic E-state index is 14.2. The predicted octanol–water partition coefficient (Wildman–Crippen LogP) is 2.16. The molecule has 0 amide bonds. The first-order valence-corrected chi connectivity index (χ1v) is 6.53. The number of nitrogens with one attached hydrogen (secondary N) is 1. The monoisotopic (exact) mass is 266 g/mol. The van der Waals surface area contributed by atoms with Crippen LogP contribution in [0.5, 0.6) is 0 Å². The fourth-order valence-corrected chi connectivity index (χ4v) is 2.52. The second-order valence-corrected chi connectivity index (χ2v) is 4.82. The molecule has 1 N–H and O–H groups in total. The maximum Gasteiger partial charge on any atom is 0.140 e. The summed E-state index contributed by atoms with van der Waals surface area (Å²) >= 11 is 0. The smallest absolute Gasteiger partial charge is 0.140 e. The molecule has 1 aromatic carbocycles. The molecule has 5 heteroatoms. The van der Waals surface area contributed by atoms with Crippen LogP contribution < -0.4 is 5.32 Å². The lowest BCUT2D eigenvalue weighted by Crippen LogP contribution is -2.44. The van der Waals surface area contributed by atoms with Gasteiger partial charge in [-0.25, -0.2) is 8.78 Å². The maximum atomic E-state index is 14.2. The molecule has 1 aromatic heterocycles. The van der Waals surface area contributed by atoms with E-state index in [1.54, 1.807) is 6.07 Å². The van der Waals surface area contributed by atoms with Gasteiger partial charge in [-0.2, -0.15) is 0 Å². The van der Waals surface area contributed by atoms with Crippen molar-refractivity contribution in [1.29, 1.82) is 0 Å². The molecule has 1 aliphatic rings. The molecule has 0 radical (unpaired) electrons. The van der Waals surface area contributed by atoms with Gasteiger partial charge in [-0.05, 0) is 12.5 Å². The molecule has 0 saturated carbocycles. The minimum Gasteiger partial charge on any atom is -0.464 e. The summed E-state index contributed by atoms with van der Waals surface area (Å²) in [5, 5.41) is 3.61. The van der Waals surface area contributed by atoms with Crippen molar-refractivity contribution in [2.75, 3.05) is 32.7 Å². The summed E-state index contributed by atoms with van der Waals surface area (Å²) in [7, 11) is 0. The summed E-state index contributed by atoms with van der Waals surface area (Å²) in [5.74, 6) is -1.01. The molecule has 19 heavy (non-hydrogen) atoms. The highest BCUT2D eigenvalue weighted by atomic mass is 19.1. The van der Waals surface area contributed by atoms with Crippen molar-refractivity contribution < 1.29 is 13.2 Å². The third kappa shape index (κ3) is 2.48. The number of hydrogen-bond acceptors (Lipinski definition) is 3. The summed E-state index contributed by atoms with van der Waals surface area (Å²) in [6.07, 6.45) is 1.77. The van der Waals surface area contributed by atoms with Crippen LogP contribution in [0.15, 0.2) is 22.8 Å². The highest BCUT2D eigenvalue weighted by molar-refractivity contribution is 5.78. The summed E-state index contributed by atoms with van der Waals surface area (Å²) in [4.78, 5) is 2.22. The summed E-state index contributed by atoms with van der Waals surface area (Å²) in [5.41, 5.74) is 0.424. The van der Waals surface area contributed by atoms with Gasteiger partial charge >= 0.3 is 0 Å². The molecule has 1 aliphatic heterocycles. The van der Waals surface area contributed by atoms with E-state index in [1.165, 1.54) is 12.3 Å². The first-order valence-electron chi connectivity index (χ1n) is 6.53. The van der Waals surface area contributed by atoms with E-state index in [4.69, 9.17) is 4.42 Å². The fourth-order valence-electron chi connectivity index (χ4n) is 2.52. The van der Waals surface area contributed by atoms with Gasteiger partial charge in [0.1, 0.15) is 17.2 Å². The summed E-state index contributed by atoms with van der Waals surface area (Å²) < 4.78 is 33.1. The van der Waals surface area contributed by atoms with Gasteiger partial charge in [0.15, 0.2) is 0 Å². The molecular formula is C14H16F2N2O. The topological polar surface area (TPSA) is 28.4 Å². The van der Waals surface area contributed by atoms with Gasteiger partial charge in [-0.3, -0.25) is 0 Å². The Morgan fingerprint density at radius 3 is 2.84 bits per heavy atom. The number of piperazine rings is 1. The average Bonchev–Trinajstić information content (AvgIpc) is 2.88. The van der Waals surface area contributed by atoms with Crippen molar-refractivity contribution in [2.45, 2.75) is 6.42 Å². The zero-order chi connectivity index (χ0) is 13.2. The van der Waals surface area contributed by atoms with Crippen molar-refractivity contribution >= 4 is 11.0 Å². The Labute approximate surface area is 110 Å². The first-order chi connectivity index (χ1) is 9.25. The van der Waals surface area contributed by atoms with Crippen LogP contribution in [0.2, 0.25) is 0 Å². The number of nitrogens with zero attached hydrogens (tertiary/aromatic N) is 1. The van der Waals surface area contributed by atoms with Crippen LogP contribution in [0.1, 0.15) is 5.56 Å². The van der Waals surface area contributed by atoms with Gasteiger partial charge in [0.2, 0.25) is 0 Å². The van der Waals surface area contributed by atoms with E-state index in [0.717, 1.165) is 26.2 Å². The van der Waals surface area contributed by atoms with Crippen LogP contribution in [-0.4, -0.2) is 37.6 Å². The van der Waals surface area contributed by atoms with Gasteiger partial charge in [0.05, 0.1) is 11.6 Å². The zero-order valence-electron chi connectivity index (χ0n) is 10.6. The molecule has 2 aromatic rings. The second kappa shape index (κ2) is 5.27. The molecule has 3 rings (SSSR count). The third-order valence-corrected chi connectivity index (χ3v) is 3.63. The molecule has 0 spiro atoms. The van der Waals surface area contributed by atoms with Crippen molar-refractivity contribution in [3.63, 3.8) is 0 Å². The number of hydrogen-bond donors (Lipinski definition) is 1. The van der Waals surface area contributed by atoms with E-state index in [-0.39, 0.29) is 11.1 Å². The molecule has 0 unspecified atom stereocenters. The Hall–Kier alpha value is -1.46.